The molecule has 1 saturated carbocycles. The van der Waals surface area contributed by atoms with Gasteiger partial charge in [-0.05, 0) is 82.3 Å². The quantitative estimate of drug-likeness (QED) is 0.262. The zero-order valence-corrected chi connectivity index (χ0v) is 23.5. The van der Waals surface area contributed by atoms with Gasteiger partial charge in [-0.25, -0.2) is 0 Å². The molecule has 0 saturated heterocycles. The second kappa shape index (κ2) is 15.0. The lowest BCUT2D eigenvalue weighted by molar-refractivity contribution is 0.420. The van der Waals surface area contributed by atoms with Gasteiger partial charge in [0.15, 0.2) is 0 Å². The van der Waals surface area contributed by atoms with Crippen molar-refractivity contribution in [3.8, 4) is 22.3 Å². The van der Waals surface area contributed by atoms with E-state index in [0.717, 1.165) is 5.92 Å². The van der Waals surface area contributed by atoms with Crippen LogP contribution in [0.4, 0.5) is 0 Å². The van der Waals surface area contributed by atoms with Crippen LogP contribution in [0.1, 0.15) is 89.0 Å². The average Bonchev–Trinajstić information content (AvgIpc) is 3.20. The molecule has 0 atom stereocenters. The van der Waals surface area contributed by atoms with Crippen molar-refractivity contribution in [1.29, 1.82) is 0 Å². The average molecular weight is 489 g/mol. The van der Waals surface area contributed by atoms with Crippen LogP contribution in [0.15, 0.2) is 84.9 Å². The van der Waals surface area contributed by atoms with E-state index in [4.69, 9.17) is 0 Å². The molecule has 1 fully saturated rings. The Bertz CT molecular complexity index is 1250. The number of allylic oxidation sites excluding steroid dienone is 2. The lowest BCUT2D eigenvalue weighted by Gasteiger charge is -2.17. The third-order valence-electron chi connectivity index (χ3n) is 6.93. The molecular weight excluding hydrogens is 444 g/mol. The Balaban J connectivity index is 0.000000907. The van der Waals surface area contributed by atoms with Crippen LogP contribution in [-0.4, -0.2) is 0 Å². The van der Waals surface area contributed by atoms with Gasteiger partial charge in [0.1, 0.15) is 0 Å². The molecule has 0 aromatic carbocycles. The van der Waals surface area contributed by atoms with Gasteiger partial charge in [0.05, 0.1) is 0 Å². The van der Waals surface area contributed by atoms with Crippen molar-refractivity contribution in [3.63, 3.8) is 0 Å². The van der Waals surface area contributed by atoms with Crippen LogP contribution >= 0.6 is 0 Å². The Labute approximate surface area is 226 Å². The van der Waals surface area contributed by atoms with Crippen molar-refractivity contribution in [2.45, 2.75) is 66.7 Å². The molecule has 0 heterocycles. The van der Waals surface area contributed by atoms with Crippen LogP contribution in [-0.2, 0) is 0 Å². The van der Waals surface area contributed by atoms with Crippen LogP contribution in [0.3, 0.4) is 0 Å². The molecule has 0 aliphatic heterocycles. The second-order valence-corrected chi connectivity index (χ2v) is 9.18. The van der Waals surface area contributed by atoms with E-state index in [0.29, 0.717) is 0 Å². The molecule has 5 aliphatic rings. The van der Waals surface area contributed by atoms with Crippen molar-refractivity contribution in [3.05, 3.63) is 107 Å². The van der Waals surface area contributed by atoms with Crippen LogP contribution in [0, 0.1) is 5.92 Å². The third kappa shape index (κ3) is 7.10. The fourth-order valence-corrected chi connectivity index (χ4v) is 5.22. The minimum absolute atomic E-state index is 0.738. The number of hydrogen-bond acceptors (Lipinski definition) is 0. The highest BCUT2D eigenvalue weighted by Crippen LogP contribution is 2.37. The van der Waals surface area contributed by atoms with Crippen molar-refractivity contribution >= 4 is 24.3 Å². The van der Waals surface area contributed by atoms with E-state index in [1.54, 1.807) is 0 Å². The molecule has 0 radical (unpaired) electrons. The third-order valence-corrected chi connectivity index (χ3v) is 6.93. The molecule has 37 heavy (non-hydrogen) atoms. The normalized spacial score (nSPS) is 14.2. The lowest BCUT2D eigenvalue weighted by Crippen LogP contribution is -2.02. The minimum atomic E-state index is 0.738. The Kier molecular flexibility index (Phi) is 11.4. The van der Waals surface area contributed by atoms with Gasteiger partial charge in [-0.1, -0.05) is 144 Å². The first kappa shape index (κ1) is 28.2. The molecule has 5 aliphatic carbocycles. The van der Waals surface area contributed by atoms with Gasteiger partial charge in [0.25, 0.3) is 0 Å². The van der Waals surface area contributed by atoms with Crippen LogP contribution in [0.2, 0.25) is 0 Å². The molecule has 0 heteroatoms. The molecule has 0 amide bonds. The predicted octanol–water partition coefficient (Wildman–Crippen LogP) is 11.7. The molecule has 5 rings (SSSR count). The van der Waals surface area contributed by atoms with E-state index in [1.807, 2.05) is 27.7 Å². The van der Waals surface area contributed by atoms with Gasteiger partial charge in [-0.15, -0.1) is 0 Å². The molecule has 192 valence electrons. The maximum atomic E-state index is 2.46. The smallest absolute Gasteiger partial charge is 0.0105 e. The van der Waals surface area contributed by atoms with E-state index in [1.165, 1.54) is 76.6 Å². The first-order chi connectivity index (χ1) is 18.3. The van der Waals surface area contributed by atoms with Gasteiger partial charge >= 0.3 is 0 Å². The van der Waals surface area contributed by atoms with Crippen molar-refractivity contribution in [2.75, 3.05) is 0 Å². The molecular formula is C37H44. The summed E-state index contributed by atoms with van der Waals surface area (Å²) in [5.74, 6) is 0.738. The highest BCUT2D eigenvalue weighted by atomic mass is 14.2. The van der Waals surface area contributed by atoms with Crippen LogP contribution < -0.4 is 0 Å². The van der Waals surface area contributed by atoms with Gasteiger partial charge in [0.2, 0.25) is 0 Å². The predicted molar refractivity (Wildman–Crippen MR) is 168 cm³/mol. The molecule has 0 nitrogen and oxygen atoms in total. The fraction of sp³-hybridized carbons (Fsp3) is 0.297. The fourth-order valence-electron chi connectivity index (χ4n) is 5.22. The molecule has 0 aromatic rings. The molecule has 0 spiro atoms. The van der Waals surface area contributed by atoms with E-state index < -0.39 is 0 Å². The maximum Gasteiger partial charge on any atom is -0.0105 e. The first-order valence-corrected chi connectivity index (χ1v) is 14.4. The Hall–Kier alpha value is -3.38. The van der Waals surface area contributed by atoms with E-state index >= 15 is 0 Å². The monoisotopic (exact) mass is 488 g/mol. The topological polar surface area (TPSA) is 0 Å². The zero-order valence-electron chi connectivity index (χ0n) is 23.5. The van der Waals surface area contributed by atoms with Gasteiger partial charge in [-0.2, -0.15) is 0 Å². The largest absolute Gasteiger partial charge is 0.0870 e. The lowest BCUT2D eigenvalue weighted by atomic mass is 9.88. The second-order valence-electron chi connectivity index (χ2n) is 9.18. The number of hydrogen-bond donors (Lipinski definition) is 0. The summed E-state index contributed by atoms with van der Waals surface area (Å²) in [6.07, 6.45) is 20.6. The summed E-state index contributed by atoms with van der Waals surface area (Å²) in [5, 5.41) is 0. The Morgan fingerprint density at radius 1 is 0.514 bits per heavy atom. The summed E-state index contributed by atoms with van der Waals surface area (Å²) in [6.45, 7) is 10.1. The summed E-state index contributed by atoms with van der Waals surface area (Å²) in [7, 11) is 0. The zero-order chi connectivity index (χ0) is 26.5. The summed E-state index contributed by atoms with van der Waals surface area (Å²) in [6, 6.07) is 26.4. The van der Waals surface area contributed by atoms with E-state index in [-0.39, 0.29) is 0 Å². The SMILES string of the molecule is C/C=C/c1cc(/C=C/c2cc(/C=C/C3CCCCC3)c3cccccc2-3)c2cccccc1-2.CC.CC. The van der Waals surface area contributed by atoms with Crippen LogP contribution in [0.25, 0.3) is 46.6 Å². The van der Waals surface area contributed by atoms with Crippen molar-refractivity contribution in [2.24, 2.45) is 5.92 Å². The summed E-state index contributed by atoms with van der Waals surface area (Å²) >= 11 is 0. The Morgan fingerprint density at radius 2 is 0.919 bits per heavy atom. The highest BCUT2D eigenvalue weighted by molar-refractivity contribution is 5.93. The van der Waals surface area contributed by atoms with Gasteiger partial charge in [0, 0.05) is 0 Å². The minimum Gasteiger partial charge on any atom is -0.0870 e. The maximum absolute atomic E-state index is 2.46. The Morgan fingerprint density at radius 3 is 1.35 bits per heavy atom. The number of fused-ring (bicyclic) bond motifs is 2. The molecule has 0 aromatic heterocycles. The van der Waals surface area contributed by atoms with Crippen molar-refractivity contribution < 1.29 is 0 Å². The van der Waals surface area contributed by atoms with E-state index in [9.17, 15) is 0 Å². The first-order valence-electron chi connectivity index (χ1n) is 14.4. The summed E-state index contributed by atoms with van der Waals surface area (Å²) < 4.78 is 0. The summed E-state index contributed by atoms with van der Waals surface area (Å²) in [4.78, 5) is 0. The molecule has 0 bridgehead atoms. The molecule has 0 N–H and O–H groups in total. The summed E-state index contributed by atoms with van der Waals surface area (Å²) in [5.41, 5.74) is 10.4. The highest BCUT2D eigenvalue weighted by Gasteiger charge is 2.15. The molecule has 0 unspecified atom stereocenters. The number of rotatable bonds is 5. The van der Waals surface area contributed by atoms with Gasteiger partial charge in [-0.3, -0.25) is 0 Å². The van der Waals surface area contributed by atoms with E-state index in [2.05, 4.69) is 116 Å². The van der Waals surface area contributed by atoms with Gasteiger partial charge < -0.3 is 0 Å². The van der Waals surface area contributed by atoms with Crippen LogP contribution in [0.5, 0.6) is 0 Å². The van der Waals surface area contributed by atoms with Crippen molar-refractivity contribution in [1.82, 2.24) is 0 Å². The standard InChI is InChI=1S/C33H32.2C2H6/c1-2-12-26-23-28(32-17-10-4-8-15-30(26)32)21-22-29-24-27(20-19-25-13-6-3-7-14-25)31-16-9-5-11-18-33(29)31;2*1-2/h2,4-5,8-12,15-25H,3,6-7,13-14H2,1H3;2*1-2H3/b12-2+,20-19+,22-21+;;.